The molecule has 0 amide bonds. The van der Waals surface area contributed by atoms with Crippen LogP contribution in [0.2, 0.25) is 0 Å². The van der Waals surface area contributed by atoms with Crippen LogP contribution in [-0.4, -0.2) is 39.0 Å². The Morgan fingerprint density at radius 2 is 1.12 bits per heavy atom. The van der Waals surface area contributed by atoms with Crippen molar-refractivity contribution in [3.8, 4) is 0 Å². The molecule has 0 aromatic rings. The molecule has 0 aliphatic heterocycles. The Hall–Kier alpha value is -0.160. The highest BCUT2D eigenvalue weighted by Gasteiger charge is 2.41. The molecule has 0 aromatic heterocycles. The van der Waals surface area contributed by atoms with Crippen LogP contribution in [0.3, 0.4) is 0 Å². The first-order chi connectivity index (χ1) is 12.2. The van der Waals surface area contributed by atoms with E-state index < -0.39 is 5.97 Å². The normalized spacial score (nSPS) is 13.3. The zero-order chi connectivity index (χ0) is 18.8. The van der Waals surface area contributed by atoms with Crippen LogP contribution in [-0.2, 0) is 18.9 Å². The van der Waals surface area contributed by atoms with Gasteiger partial charge in [-0.05, 0) is 45.4 Å². The molecule has 0 saturated carbocycles. The van der Waals surface area contributed by atoms with Crippen molar-refractivity contribution < 1.29 is 18.9 Å². The van der Waals surface area contributed by atoms with Crippen LogP contribution in [0.5, 0.6) is 0 Å². The maximum absolute atomic E-state index is 6.29. The second kappa shape index (κ2) is 17.3. The van der Waals surface area contributed by atoms with E-state index in [0.29, 0.717) is 19.8 Å². The van der Waals surface area contributed by atoms with Crippen molar-refractivity contribution in [2.75, 3.05) is 33.0 Å². The molecule has 0 radical (unpaired) electrons. The van der Waals surface area contributed by atoms with Gasteiger partial charge in [0.25, 0.3) is 5.97 Å². The zero-order valence-corrected chi connectivity index (χ0v) is 17.6. The lowest BCUT2D eigenvalue weighted by Gasteiger charge is -2.39. The molecule has 0 spiro atoms. The van der Waals surface area contributed by atoms with E-state index in [2.05, 4.69) is 27.7 Å². The van der Waals surface area contributed by atoms with Crippen molar-refractivity contribution in [1.82, 2.24) is 0 Å². The van der Waals surface area contributed by atoms with Gasteiger partial charge in [0.05, 0.1) is 19.8 Å². The lowest BCUT2D eigenvalue weighted by atomic mass is 9.97. The van der Waals surface area contributed by atoms with Gasteiger partial charge in [-0.2, -0.15) is 0 Å². The van der Waals surface area contributed by atoms with Gasteiger partial charge in [0.15, 0.2) is 0 Å². The highest BCUT2D eigenvalue weighted by atomic mass is 16.9. The van der Waals surface area contributed by atoms with Crippen molar-refractivity contribution in [3.63, 3.8) is 0 Å². The summed E-state index contributed by atoms with van der Waals surface area (Å²) in [5.41, 5.74) is 0. The van der Waals surface area contributed by atoms with Gasteiger partial charge in [0.2, 0.25) is 0 Å². The summed E-state index contributed by atoms with van der Waals surface area (Å²) >= 11 is 0. The Bertz CT molecular complexity index is 244. The van der Waals surface area contributed by atoms with Crippen molar-refractivity contribution in [2.45, 2.75) is 98.4 Å². The van der Waals surface area contributed by atoms with Crippen LogP contribution < -0.4 is 0 Å². The van der Waals surface area contributed by atoms with Crippen molar-refractivity contribution in [1.29, 1.82) is 0 Å². The Morgan fingerprint density at radius 3 is 1.48 bits per heavy atom. The van der Waals surface area contributed by atoms with E-state index in [9.17, 15) is 0 Å². The molecule has 0 N–H and O–H groups in total. The van der Waals surface area contributed by atoms with Gasteiger partial charge in [-0.25, -0.2) is 0 Å². The molecule has 0 aliphatic carbocycles. The zero-order valence-electron chi connectivity index (χ0n) is 17.6. The predicted molar refractivity (Wildman–Crippen MR) is 105 cm³/mol. The summed E-state index contributed by atoms with van der Waals surface area (Å²) in [5.74, 6) is -0.654. The molecule has 25 heavy (non-hydrogen) atoms. The topological polar surface area (TPSA) is 36.9 Å². The minimum absolute atomic E-state index is 0.235. The minimum Gasteiger partial charge on any atom is -0.382 e. The van der Waals surface area contributed by atoms with Gasteiger partial charge < -0.3 is 18.9 Å². The Labute approximate surface area is 156 Å². The standard InChI is InChI=1S/C21H44O4/c1-6-11-17-23-21(24-18-12-7-2,25-19-13-8-3)20(9-4)15-14-16-22-10-5/h20H,6-19H2,1-5H3. The van der Waals surface area contributed by atoms with Crippen LogP contribution >= 0.6 is 0 Å². The molecule has 1 unspecified atom stereocenters. The fourth-order valence-electron chi connectivity index (χ4n) is 2.76. The van der Waals surface area contributed by atoms with Gasteiger partial charge in [-0.15, -0.1) is 0 Å². The van der Waals surface area contributed by atoms with E-state index in [4.69, 9.17) is 18.9 Å². The molecule has 0 rings (SSSR count). The monoisotopic (exact) mass is 360 g/mol. The van der Waals surface area contributed by atoms with Crippen LogP contribution in [0.15, 0.2) is 0 Å². The summed E-state index contributed by atoms with van der Waals surface area (Å²) < 4.78 is 24.4. The van der Waals surface area contributed by atoms with E-state index in [-0.39, 0.29) is 5.92 Å². The average Bonchev–Trinajstić information content (AvgIpc) is 2.62. The van der Waals surface area contributed by atoms with E-state index >= 15 is 0 Å². The molecule has 0 bridgehead atoms. The number of rotatable bonds is 19. The predicted octanol–water partition coefficient (Wildman–Crippen LogP) is 5.93. The van der Waals surface area contributed by atoms with E-state index in [1.165, 1.54) is 0 Å². The number of ether oxygens (including phenoxy) is 4. The maximum atomic E-state index is 6.29. The third-order valence-corrected chi connectivity index (χ3v) is 4.44. The van der Waals surface area contributed by atoms with Crippen molar-refractivity contribution >= 4 is 0 Å². The molecule has 0 aliphatic rings. The maximum Gasteiger partial charge on any atom is 0.285 e. The summed E-state index contributed by atoms with van der Waals surface area (Å²) in [6, 6.07) is 0. The van der Waals surface area contributed by atoms with E-state index in [0.717, 1.165) is 71.0 Å². The molecule has 4 heteroatoms. The SMILES string of the molecule is CCCCOC(OCCCC)(OCCCC)C(CC)CCCOCC. The first kappa shape index (κ1) is 24.8. The molecular weight excluding hydrogens is 316 g/mol. The van der Waals surface area contributed by atoms with Gasteiger partial charge >= 0.3 is 0 Å². The average molecular weight is 361 g/mol. The third-order valence-electron chi connectivity index (χ3n) is 4.44. The van der Waals surface area contributed by atoms with Gasteiger partial charge in [0.1, 0.15) is 0 Å². The van der Waals surface area contributed by atoms with Crippen molar-refractivity contribution in [2.24, 2.45) is 5.92 Å². The summed E-state index contributed by atoms with van der Waals surface area (Å²) in [6.07, 6.45) is 9.43. The van der Waals surface area contributed by atoms with Crippen LogP contribution in [0, 0.1) is 5.92 Å². The highest BCUT2D eigenvalue weighted by Crippen LogP contribution is 2.33. The van der Waals surface area contributed by atoms with E-state index in [1.807, 2.05) is 6.92 Å². The fraction of sp³-hybridized carbons (Fsp3) is 1.00. The molecule has 0 saturated heterocycles. The Morgan fingerprint density at radius 1 is 0.640 bits per heavy atom. The molecule has 152 valence electrons. The summed E-state index contributed by atoms with van der Waals surface area (Å²) in [7, 11) is 0. The quantitative estimate of drug-likeness (QED) is 0.211. The third kappa shape index (κ3) is 11.2. The van der Waals surface area contributed by atoms with Crippen LogP contribution in [0.4, 0.5) is 0 Å². The van der Waals surface area contributed by atoms with Crippen LogP contribution in [0.1, 0.15) is 92.4 Å². The van der Waals surface area contributed by atoms with Gasteiger partial charge in [0, 0.05) is 19.1 Å². The second-order valence-electron chi connectivity index (χ2n) is 6.65. The first-order valence-corrected chi connectivity index (χ1v) is 10.7. The molecule has 0 aromatic carbocycles. The number of hydrogen-bond acceptors (Lipinski definition) is 4. The smallest absolute Gasteiger partial charge is 0.285 e. The van der Waals surface area contributed by atoms with E-state index in [1.54, 1.807) is 0 Å². The first-order valence-electron chi connectivity index (χ1n) is 10.7. The lowest BCUT2D eigenvalue weighted by Crippen LogP contribution is -2.47. The summed E-state index contributed by atoms with van der Waals surface area (Å²) in [5, 5.41) is 0. The summed E-state index contributed by atoms with van der Waals surface area (Å²) in [6.45, 7) is 14.4. The van der Waals surface area contributed by atoms with Crippen LogP contribution in [0.25, 0.3) is 0 Å². The number of unbranched alkanes of at least 4 members (excludes halogenated alkanes) is 3. The molecular formula is C21H44O4. The largest absolute Gasteiger partial charge is 0.382 e. The minimum atomic E-state index is -0.888. The fourth-order valence-corrected chi connectivity index (χ4v) is 2.76. The molecule has 0 fully saturated rings. The Balaban J connectivity index is 5.02. The molecule has 0 heterocycles. The summed E-state index contributed by atoms with van der Waals surface area (Å²) in [4.78, 5) is 0. The lowest BCUT2D eigenvalue weighted by molar-refractivity contribution is -0.407. The van der Waals surface area contributed by atoms with Crippen molar-refractivity contribution in [3.05, 3.63) is 0 Å². The van der Waals surface area contributed by atoms with Gasteiger partial charge in [-0.1, -0.05) is 47.0 Å². The molecule has 1 atom stereocenters. The molecule has 4 nitrogen and oxygen atoms in total. The van der Waals surface area contributed by atoms with Gasteiger partial charge in [-0.3, -0.25) is 0 Å². The Kier molecular flexibility index (Phi) is 17.2. The number of hydrogen-bond donors (Lipinski definition) is 0. The highest BCUT2D eigenvalue weighted by molar-refractivity contribution is 4.72. The second-order valence-corrected chi connectivity index (χ2v) is 6.65.